The van der Waals surface area contributed by atoms with Crippen molar-refractivity contribution in [3.8, 4) is 5.75 Å². The molecule has 7 heteroatoms. The predicted octanol–water partition coefficient (Wildman–Crippen LogP) is 4.08. The minimum atomic E-state index is -0.800. The fourth-order valence-corrected chi connectivity index (χ4v) is 3.49. The first-order valence-corrected chi connectivity index (χ1v) is 11.1. The lowest BCUT2D eigenvalue weighted by Crippen LogP contribution is -2.23. The third-order valence-corrected chi connectivity index (χ3v) is 5.07. The number of aliphatic hydroxyl groups is 2. The zero-order valence-electron chi connectivity index (χ0n) is 18.2. The lowest BCUT2D eigenvalue weighted by atomic mass is 9.93. The standard InChI is InChI=1S/C24H33ClO6/c1-17(2)31-24(28)11-6-4-3-5-10-21-22(27)16-30-23(21)13-12-19(26)15-29-20-9-7-8-18(25)14-20/h3-4,7-9,12-14,17,19,21-23,26-27H,5-6,10-11,15-16H2,1-2H3/b4-3-,13-12+/t19-,21+,22+,23-/m1/s1. The topological polar surface area (TPSA) is 85.2 Å². The van der Waals surface area contributed by atoms with Crippen LogP contribution in [0.3, 0.4) is 0 Å². The van der Waals surface area contributed by atoms with E-state index in [0.717, 1.165) is 12.8 Å². The first-order chi connectivity index (χ1) is 14.8. The van der Waals surface area contributed by atoms with Gasteiger partial charge in [-0.25, -0.2) is 0 Å². The van der Waals surface area contributed by atoms with Gasteiger partial charge in [0.05, 0.1) is 24.9 Å². The number of carbonyl (C=O) groups is 1. The van der Waals surface area contributed by atoms with E-state index in [-0.39, 0.29) is 37.3 Å². The summed E-state index contributed by atoms with van der Waals surface area (Å²) >= 11 is 5.92. The van der Waals surface area contributed by atoms with Crippen LogP contribution in [0.25, 0.3) is 0 Å². The Hall–Kier alpha value is -1.86. The van der Waals surface area contributed by atoms with E-state index in [0.29, 0.717) is 23.6 Å². The fraction of sp³-hybridized carbons (Fsp3) is 0.542. The van der Waals surface area contributed by atoms with E-state index in [1.807, 2.05) is 26.0 Å². The highest BCUT2D eigenvalue weighted by Gasteiger charge is 2.33. The number of ether oxygens (including phenoxy) is 3. The van der Waals surface area contributed by atoms with Crippen molar-refractivity contribution in [3.63, 3.8) is 0 Å². The van der Waals surface area contributed by atoms with E-state index in [2.05, 4.69) is 0 Å². The Morgan fingerprint density at radius 1 is 1.32 bits per heavy atom. The normalized spacial score (nSPS) is 22.5. The molecule has 4 atom stereocenters. The lowest BCUT2D eigenvalue weighted by molar-refractivity contribution is -0.147. The van der Waals surface area contributed by atoms with E-state index in [9.17, 15) is 15.0 Å². The number of halogens is 1. The lowest BCUT2D eigenvalue weighted by Gasteiger charge is -2.17. The zero-order valence-corrected chi connectivity index (χ0v) is 18.9. The summed E-state index contributed by atoms with van der Waals surface area (Å²) in [6.45, 7) is 4.04. The summed E-state index contributed by atoms with van der Waals surface area (Å²) in [5, 5.41) is 20.9. The second-order valence-corrected chi connectivity index (χ2v) is 8.31. The van der Waals surface area contributed by atoms with E-state index in [1.54, 1.807) is 36.4 Å². The largest absolute Gasteiger partial charge is 0.491 e. The van der Waals surface area contributed by atoms with Gasteiger partial charge in [-0.3, -0.25) is 4.79 Å². The second-order valence-electron chi connectivity index (χ2n) is 7.88. The first-order valence-electron chi connectivity index (χ1n) is 10.7. The highest BCUT2D eigenvalue weighted by Crippen LogP contribution is 2.27. The van der Waals surface area contributed by atoms with Gasteiger partial charge in [0.1, 0.15) is 18.5 Å². The van der Waals surface area contributed by atoms with Gasteiger partial charge in [0.2, 0.25) is 0 Å². The smallest absolute Gasteiger partial charge is 0.306 e. The molecule has 1 aliphatic heterocycles. The van der Waals surface area contributed by atoms with Gasteiger partial charge in [-0.1, -0.05) is 42.0 Å². The summed E-state index contributed by atoms with van der Waals surface area (Å²) in [6, 6.07) is 6.99. The highest BCUT2D eigenvalue weighted by molar-refractivity contribution is 6.30. The van der Waals surface area contributed by atoms with Gasteiger partial charge in [-0.2, -0.15) is 0 Å². The molecule has 1 aliphatic rings. The molecule has 0 radical (unpaired) electrons. The Bertz CT molecular complexity index is 733. The summed E-state index contributed by atoms with van der Waals surface area (Å²) < 4.78 is 16.3. The van der Waals surface area contributed by atoms with Crippen molar-refractivity contribution in [1.29, 1.82) is 0 Å². The monoisotopic (exact) mass is 452 g/mol. The van der Waals surface area contributed by atoms with Crippen LogP contribution in [0, 0.1) is 5.92 Å². The van der Waals surface area contributed by atoms with Gasteiger partial charge in [0, 0.05) is 17.4 Å². The molecule has 0 aliphatic carbocycles. The molecule has 0 saturated carbocycles. The summed E-state index contributed by atoms with van der Waals surface area (Å²) in [6.07, 6.45) is 8.24. The van der Waals surface area contributed by atoms with Crippen molar-refractivity contribution in [2.75, 3.05) is 13.2 Å². The molecule has 2 N–H and O–H groups in total. The van der Waals surface area contributed by atoms with Crippen LogP contribution in [-0.4, -0.2) is 53.8 Å². The summed E-state index contributed by atoms with van der Waals surface area (Å²) in [5.41, 5.74) is 0. The number of benzene rings is 1. The van der Waals surface area contributed by atoms with Gasteiger partial charge in [-0.15, -0.1) is 0 Å². The fourth-order valence-electron chi connectivity index (χ4n) is 3.31. The van der Waals surface area contributed by atoms with Crippen molar-refractivity contribution >= 4 is 17.6 Å². The molecule has 0 unspecified atom stereocenters. The van der Waals surface area contributed by atoms with Gasteiger partial charge < -0.3 is 24.4 Å². The van der Waals surface area contributed by atoms with Crippen molar-refractivity contribution in [1.82, 2.24) is 0 Å². The maximum atomic E-state index is 11.5. The maximum Gasteiger partial charge on any atom is 0.306 e. The molecule has 1 heterocycles. The van der Waals surface area contributed by atoms with Crippen LogP contribution < -0.4 is 4.74 Å². The number of carbonyl (C=O) groups excluding carboxylic acids is 1. The highest BCUT2D eigenvalue weighted by atomic mass is 35.5. The average molecular weight is 453 g/mol. The van der Waals surface area contributed by atoms with Crippen molar-refractivity contribution in [2.24, 2.45) is 5.92 Å². The Balaban J connectivity index is 1.71. The van der Waals surface area contributed by atoms with Crippen LogP contribution in [0.2, 0.25) is 5.02 Å². The number of rotatable bonds is 12. The van der Waals surface area contributed by atoms with Crippen molar-refractivity contribution in [3.05, 3.63) is 53.6 Å². The van der Waals surface area contributed by atoms with E-state index >= 15 is 0 Å². The maximum absolute atomic E-state index is 11.5. The molecule has 6 nitrogen and oxygen atoms in total. The summed E-state index contributed by atoms with van der Waals surface area (Å²) in [5.74, 6) is 0.352. The molecule has 1 aromatic rings. The third-order valence-electron chi connectivity index (χ3n) is 4.83. The van der Waals surface area contributed by atoms with Crippen LogP contribution in [0.4, 0.5) is 0 Å². The summed E-state index contributed by atoms with van der Waals surface area (Å²) in [4.78, 5) is 11.5. The number of hydrogen-bond donors (Lipinski definition) is 2. The average Bonchev–Trinajstić information content (AvgIpc) is 3.06. The Morgan fingerprint density at radius 2 is 2.10 bits per heavy atom. The van der Waals surface area contributed by atoms with Gasteiger partial charge in [0.25, 0.3) is 0 Å². The van der Waals surface area contributed by atoms with E-state index < -0.39 is 12.2 Å². The van der Waals surface area contributed by atoms with Crippen LogP contribution in [0.5, 0.6) is 5.75 Å². The number of esters is 1. The third kappa shape index (κ3) is 9.87. The van der Waals surface area contributed by atoms with Gasteiger partial charge >= 0.3 is 5.97 Å². The zero-order chi connectivity index (χ0) is 22.6. The predicted molar refractivity (Wildman–Crippen MR) is 120 cm³/mol. The number of aliphatic hydroxyl groups excluding tert-OH is 2. The number of hydrogen-bond acceptors (Lipinski definition) is 6. The molecule has 2 rings (SSSR count). The van der Waals surface area contributed by atoms with Crippen LogP contribution >= 0.6 is 11.6 Å². The summed E-state index contributed by atoms with van der Waals surface area (Å²) in [7, 11) is 0. The number of allylic oxidation sites excluding steroid dienone is 2. The molecule has 1 fully saturated rings. The minimum absolute atomic E-state index is 0.0483. The van der Waals surface area contributed by atoms with Gasteiger partial charge in [0.15, 0.2) is 0 Å². The first kappa shape index (κ1) is 25.4. The molecule has 1 saturated heterocycles. The Kier molecular flexibility index (Phi) is 11.1. The SMILES string of the molecule is CC(C)OC(=O)CC/C=C\CC[C@H]1[C@@H](O)CO[C@@H]1/C=C/[C@@H](O)COc1cccc(Cl)c1. The molecule has 0 amide bonds. The van der Waals surface area contributed by atoms with Crippen molar-refractivity contribution < 1.29 is 29.2 Å². The molecule has 31 heavy (non-hydrogen) atoms. The Labute approximate surface area is 189 Å². The minimum Gasteiger partial charge on any atom is -0.491 e. The molecule has 0 aromatic heterocycles. The second kappa shape index (κ2) is 13.5. The molecule has 1 aromatic carbocycles. The Morgan fingerprint density at radius 3 is 2.84 bits per heavy atom. The quantitative estimate of drug-likeness (QED) is 0.367. The molecule has 0 bridgehead atoms. The van der Waals surface area contributed by atoms with Crippen LogP contribution in [0.1, 0.15) is 39.5 Å². The van der Waals surface area contributed by atoms with E-state index in [4.69, 9.17) is 25.8 Å². The van der Waals surface area contributed by atoms with Crippen molar-refractivity contribution in [2.45, 2.75) is 63.9 Å². The van der Waals surface area contributed by atoms with Crippen LogP contribution in [-0.2, 0) is 14.3 Å². The molecular weight excluding hydrogens is 420 g/mol. The molecule has 0 spiro atoms. The van der Waals surface area contributed by atoms with E-state index in [1.165, 1.54) is 0 Å². The van der Waals surface area contributed by atoms with Gasteiger partial charge in [-0.05, 0) is 51.3 Å². The molecular formula is C24H33ClO6. The molecule has 172 valence electrons. The van der Waals surface area contributed by atoms with Crippen LogP contribution in [0.15, 0.2) is 48.6 Å².